The van der Waals surface area contributed by atoms with Crippen LogP contribution in [0.2, 0.25) is 0 Å². The number of carbonyl (C=O) groups is 1. The molecule has 0 radical (unpaired) electrons. The summed E-state index contributed by atoms with van der Waals surface area (Å²) in [4.78, 5) is 13.2. The van der Waals surface area contributed by atoms with Crippen LogP contribution in [0.25, 0.3) is 5.69 Å². The van der Waals surface area contributed by atoms with E-state index in [-0.39, 0.29) is 17.8 Å². The van der Waals surface area contributed by atoms with Crippen LogP contribution in [0.1, 0.15) is 58.7 Å². The summed E-state index contributed by atoms with van der Waals surface area (Å²) in [5.74, 6) is 0.246. The minimum atomic E-state index is -0.293. The van der Waals surface area contributed by atoms with Gasteiger partial charge in [-0.25, -0.2) is 9.07 Å². The number of benzene rings is 2. The number of methoxy groups -OCH3 is 1. The highest BCUT2D eigenvalue weighted by Crippen LogP contribution is 2.29. The number of aromatic nitrogens is 2. The Kier molecular flexibility index (Phi) is 5.57. The predicted octanol–water partition coefficient (Wildman–Crippen LogP) is 4.70. The normalized spacial score (nSPS) is 14.1. The number of nitrogens with zero attached hydrogens (tertiary/aromatic N) is 2. The molecule has 2 aromatic carbocycles. The van der Waals surface area contributed by atoms with Crippen LogP contribution < -0.4 is 10.1 Å². The van der Waals surface area contributed by atoms with E-state index in [1.165, 1.54) is 12.1 Å². The van der Waals surface area contributed by atoms with Crippen molar-refractivity contribution in [3.63, 3.8) is 0 Å². The lowest BCUT2D eigenvalue weighted by molar-refractivity contribution is 0.0933. The number of halogens is 1. The maximum Gasteiger partial charge on any atom is 0.272 e. The number of hydrogen-bond acceptors (Lipinski definition) is 3. The minimum absolute atomic E-state index is 0.204. The Morgan fingerprint density at radius 3 is 2.63 bits per heavy atom. The van der Waals surface area contributed by atoms with Crippen LogP contribution >= 0.6 is 0 Å². The van der Waals surface area contributed by atoms with Gasteiger partial charge < -0.3 is 10.1 Å². The standard InChI is InChI=1S/C24H26FN3O2/c1-15-8-13-22(30-3)20(14-15)16(2)26-24(29)23-19-6-4-5-7-21(19)28(27-23)18-11-9-17(25)10-12-18/h8-14,16H,4-7H2,1-3H3,(H,26,29). The summed E-state index contributed by atoms with van der Waals surface area (Å²) >= 11 is 0. The number of amides is 1. The molecule has 30 heavy (non-hydrogen) atoms. The smallest absolute Gasteiger partial charge is 0.272 e. The van der Waals surface area contributed by atoms with E-state index in [1.54, 1.807) is 23.9 Å². The van der Waals surface area contributed by atoms with E-state index in [9.17, 15) is 9.18 Å². The zero-order valence-corrected chi connectivity index (χ0v) is 17.5. The van der Waals surface area contributed by atoms with Crippen LogP contribution in [0.15, 0.2) is 42.5 Å². The van der Waals surface area contributed by atoms with Crippen molar-refractivity contribution in [3.8, 4) is 11.4 Å². The Bertz CT molecular complexity index is 1070. The van der Waals surface area contributed by atoms with Crippen LogP contribution in [-0.2, 0) is 12.8 Å². The molecule has 1 aliphatic rings. The molecule has 1 heterocycles. The van der Waals surface area contributed by atoms with Gasteiger partial charge in [0.05, 0.1) is 18.8 Å². The number of carbonyl (C=O) groups excluding carboxylic acids is 1. The summed E-state index contributed by atoms with van der Waals surface area (Å²) in [6.45, 7) is 3.96. The average molecular weight is 407 g/mol. The van der Waals surface area contributed by atoms with E-state index in [1.807, 2.05) is 32.0 Å². The van der Waals surface area contributed by atoms with Gasteiger partial charge in [-0.1, -0.05) is 17.7 Å². The van der Waals surface area contributed by atoms with Crippen molar-refractivity contribution in [1.29, 1.82) is 0 Å². The molecule has 1 aromatic heterocycles. The molecule has 1 N–H and O–H groups in total. The average Bonchev–Trinajstić information content (AvgIpc) is 3.14. The van der Waals surface area contributed by atoms with Gasteiger partial charge in [0, 0.05) is 16.8 Å². The molecule has 1 aliphatic carbocycles. The van der Waals surface area contributed by atoms with Crippen LogP contribution in [0.4, 0.5) is 4.39 Å². The Labute approximate surface area is 175 Å². The third-order valence-electron chi connectivity index (χ3n) is 5.67. The Balaban J connectivity index is 1.66. The van der Waals surface area contributed by atoms with E-state index in [0.29, 0.717) is 5.69 Å². The summed E-state index contributed by atoms with van der Waals surface area (Å²) in [5.41, 5.74) is 5.28. The highest BCUT2D eigenvalue weighted by atomic mass is 19.1. The molecule has 0 aliphatic heterocycles. The summed E-state index contributed by atoms with van der Waals surface area (Å²) in [6.07, 6.45) is 3.76. The molecule has 0 fully saturated rings. The lowest BCUT2D eigenvalue weighted by atomic mass is 9.95. The molecule has 1 atom stereocenters. The van der Waals surface area contributed by atoms with E-state index in [4.69, 9.17) is 4.74 Å². The van der Waals surface area contributed by atoms with Crippen molar-refractivity contribution < 1.29 is 13.9 Å². The quantitative estimate of drug-likeness (QED) is 0.667. The molecule has 0 spiro atoms. The van der Waals surface area contributed by atoms with Gasteiger partial charge >= 0.3 is 0 Å². The Hall–Kier alpha value is -3.15. The van der Waals surface area contributed by atoms with Crippen molar-refractivity contribution >= 4 is 5.91 Å². The Morgan fingerprint density at radius 2 is 1.90 bits per heavy atom. The van der Waals surface area contributed by atoms with Crippen LogP contribution in [0.3, 0.4) is 0 Å². The first-order chi connectivity index (χ1) is 14.5. The lowest BCUT2D eigenvalue weighted by Crippen LogP contribution is -2.28. The van der Waals surface area contributed by atoms with Gasteiger partial charge in [0.25, 0.3) is 5.91 Å². The van der Waals surface area contributed by atoms with Crippen LogP contribution in [-0.4, -0.2) is 22.8 Å². The lowest BCUT2D eigenvalue weighted by Gasteiger charge is -2.18. The van der Waals surface area contributed by atoms with Gasteiger partial charge in [-0.3, -0.25) is 4.79 Å². The molecule has 156 valence electrons. The van der Waals surface area contributed by atoms with E-state index >= 15 is 0 Å². The molecule has 0 bridgehead atoms. The van der Waals surface area contributed by atoms with Crippen molar-refractivity contribution in [3.05, 3.63) is 76.4 Å². The van der Waals surface area contributed by atoms with Gasteiger partial charge in [-0.05, 0) is 69.9 Å². The zero-order chi connectivity index (χ0) is 21.3. The summed E-state index contributed by atoms with van der Waals surface area (Å²) in [6, 6.07) is 11.9. The topological polar surface area (TPSA) is 56.1 Å². The number of nitrogens with one attached hydrogen (secondary N) is 1. The fourth-order valence-electron chi connectivity index (χ4n) is 4.11. The zero-order valence-electron chi connectivity index (χ0n) is 17.5. The van der Waals surface area contributed by atoms with Gasteiger partial charge in [0.1, 0.15) is 11.6 Å². The molecular formula is C24H26FN3O2. The fourth-order valence-corrected chi connectivity index (χ4v) is 4.11. The van der Waals surface area contributed by atoms with Gasteiger partial charge in [0.15, 0.2) is 5.69 Å². The molecule has 1 unspecified atom stereocenters. The maximum atomic E-state index is 13.4. The highest BCUT2D eigenvalue weighted by Gasteiger charge is 2.27. The summed E-state index contributed by atoms with van der Waals surface area (Å²) < 4.78 is 20.6. The van der Waals surface area contributed by atoms with E-state index in [0.717, 1.165) is 59.5 Å². The second kappa shape index (κ2) is 8.30. The fraction of sp³-hybridized carbons (Fsp3) is 0.333. The van der Waals surface area contributed by atoms with Crippen molar-refractivity contribution in [2.45, 2.75) is 45.6 Å². The second-order valence-corrected chi connectivity index (χ2v) is 7.81. The monoisotopic (exact) mass is 407 g/mol. The molecular weight excluding hydrogens is 381 g/mol. The maximum absolute atomic E-state index is 13.4. The highest BCUT2D eigenvalue weighted by molar-refractivity contribution is 5.94. The number of ether oxygens (including phenoxy) is 1. The molecule has 4 rings (SSSR count). The summed E-state index contributed by atoms with van der Waals surface area (Å²) in [5, 5.41) is 7.73. The summed E-state index contributed by atoms with van der Waals surface area (Å²) in [7, 11) is 1.63. The Morgan fingerprint density at radius 1 is 1.17 bits per heavy atom. The SMILES string of the molecule is COc1ccc(C)cc1C(C)NC(=O)c1nn(-c2ccc(F)cc2)c2c1CCCC2. The van der Waals surface area contributed by atoms with Crippen LogP contribution in [0, 0.1) is 12.7 Å². The number of fused-ring (bicyclic) bond motifs is 1. The van der Waals surface area contributed by atoms with Crippen molar-refractivity contribution in [2.75, 3.05) is 7.11 Å². The van der Waals surface area contributed by atoms with Crippen LogP contribution in [0.5, 0.6) is 5.75 Å². The van der Waals surface area contributed by atoms with E-state index < -0.39 is 0 Å². The molecule has 1 amide bonds. The predicted molar refractivity (Wildman–Crippen MR) is 114 cm³/mol. The third-order valence-corrected chi connectivity index (χ3v) is 5.67. The number of aryl methyl sites for hydroxylation is 1. The molecule has 0 saturated heterocycles. The first-order valence-corrected chi connectivity index (χ1v) is 10.3. The number of rotatable bonds is 5. The van der Waals surface area contributed by atoms with Crippen molar-refractivity contribution in [2.24, 2.45) is 0 Å². The second-order valence-electron chi connectivity index (χ2n) is 7.81. The van der Waals surface area contributed by atoms with Gasteiger partial charge in [-0.15, -0.1) is 0 Å². The van der Waals surface area contributed by atoms with Gasteiger partial charge in [-0.2, -0.15) is 5.10 Å². The molecule has 0 saturated carbocycles. The third kappa shape index (κ3) is 3.82. The van der Waals surface area contributed by atoms with E-state index in [2.05, 4.69) is 10.4 Å². The number of hydrogen-bond donors (Lipinski definition) is 1. The van der Waals surface area contributed by atoms with Crippen molar-refractivity contribution in [1.82, 2.24) is 15.1 Å². The first-order valence-electron chi connectivity index (χ1n) is 10.3. The minimum Gasteiger partial charge on any atom is -0.496 e. The van der Waals surface area contributed by atoms with Gasteiger partial charge in [0.2, 0.25) is 0 Å². The molecule has 3 aromatic rings. The molecule has 6 heteroatoms. The molecule has 5 nitrogen and oxygen atoms in total. The first kappa shape index (κ1) is 20.1. The largest absolute Gasteiger partial charge is 0.496 e.